The Labute approximate surface area is 158 Å². The van der Waals surface area contributed by atoms with Gasteiger partial charge in [-0.1, -0.05) is 11.6 Å². The first kappa shape index (κ1) is 19.2. The van der Waals surface area contributed by atoms with Gasteiger partial charge < -0.3 is 15.7 Å². The van der Waals surface area contributed by atoms with Crippen molar-refractivity contribution in [1.29, 1.82) is 0 Å². The summed E-state index contributed by atoms with van der Waals surface area (Å²) in [5.74, 6) is -2.86. The predicted molar refractivity (Wildman–Crippen MR) is 94.9 cm³/mol. The number of primary amides is 1. The lowest BCUT2D eigenvalue weighted by Gasteiger charge is -2.38. The summed E-state index contributed by atoms with van der Waals surface area (Å²) in [6.45, 7) is 0.460. The molecule has 2 aromatic rings. The maximum absolute atomic E-state index is 13.9. The normalized spacial score (nSPS) is 16.2. The Hall–Kier alpha value is -2.58. The molecule has 0 bridgehead atoms. The van der Waals surface area contributed by atoms with Crippen molar-refractivity contribution >= 4 is 29.1 Å². The van der Waals surface area contributed by atoms with Crippen molar-refractivity contribution in [3.8, 4) is 0 Å². The molecule has 1 aromatic carbocycles. The molecule has 1 aliphatic heterocycles. The van der Waals surface area contributed by atoms with Gasteiger partial charge in [0.1, 0.15) is 23.1 Å². The lowest BCUT2D eigenvalue weighted by molar-refractivity contribution is 0.0184. The van der Waals surface area contributed by atoms with Gasteiger partial charge in [-0.25, -0.2) is 13.8 Å². The number of pyridine rings is 1. The van der Waals surface area contributed by atoms with Crippen LogP contribution in [0, 0.1) is 11.6 Å². The third-order valence-electron chi connectivity index (χ3n) is 4.59. The Bertz CT molecular complexity index is 915. The first-order chi connectivity index (χ1) is 12.7. The SMILES string of the molecule is NC(=O)c1cnc(N2CCC(O)(C(=O)c3ccc(F)cc3F)CC2)c(Cl)c1. The number of anilines is 1. The third-order valence-corrected chi connectivity index (χ3v) is 4.87. The Balaban J connectivity index is 1.76. The van der Waals surface area contributed by atoms with Crippen molar-refractivity contribution in [3.63, 3.8) is 0 Å². The fourth-order valence-electron chi connectivity index (χ4n) is 3.04. The second-order valence-corrected chi connectivity index (χ2v) is 6.77. The Kier molecular flexibility index (Phi) is 5.12. The molecular formula is C18H16ClF2N3O3. The molecule has 0 aliphatic carbocycles. The lowest BCUT2D eigenvalue weighted by Crippen LogP contribution is -2.50. The highest BCUT2D eigenvalue weighted by molar-refractivity contribution is 6.33. The van der Waals surface area contributed by atoms with Crippen LogP contribution in [-0.4, -0.2) is 40.5 Å². The molecule has 0 atom stereocenters. The minimum atomic E-state index is -1.77. The van der Waals surface area contributed by atoms with E-state index in [1.165, 1.54) is 12.3 Å². The summed E-state index contributed by atoms with van der Waals surface area (Å²) in [4.78, 5) is 29.6. The van der Waals surface area contributed by atoms with E-state index in [-0.39, 0.29) is 42.1 Å². The summed E-state index contributed by atoms with van der Waals surface area (Å²) < 4.78 is 26.9. The van der Waals surface area contributed by atoms with Gasteiger partial charge in [0, 0.05) is 38.2 Å². The number of halogens is 3. The second kappa shape index (κ2) is 7.21. The number of Topliss-reactive ketones (excluding diaryl/α,β-unsaturated/α-hetero) is 1. The van der Waals surface area contributed by atoms with Crippen LogP contribution in [0.3, 0.4) is 0 Å². The molecule has 3 N–H and O–H groups in total. The van der Waals surface area contributed by atoms with Crippen LogP contribution in [0.5, 0.6) is 0 Å². The van der Waals surface area contributed by atoms with Crippen LogP contribution >= 0.6 is 11.6 Å². The number of carbonyl (C=O) groups is 2. The van der Waals surface area contributed by atoms with Crippen molar-refractivity contribution < 1.29 is 23.5 Å². The van der Waals surface area contributed by atoms with Crippen LogP contribution in [0.1, 0.15) is 33.6 Å². The standard InChI is InChI=1S/C18H16ClF2N3O3/c19-13-7-10(16(22)26)9-23-17(13)24-5-3-18(27,4-6-24)15(25)12-2-1-11(20)8-14(12)21/h1-2,7-9,27H,3-6H2,(H2,22,26). The molecule has 1 amide bonds. The number of aliphatic hydroxyl groups is 1. The molecule has 1 aromatic heterocycles. The van der Waals surface area contributed by atoms with E-state index in [0.717, 1.165) is 12.1 Å². The van der Waals surface area contributed by atoms with Gasteiger partial charge in [-0.05, 0) is 18.2 Å². The number of hydrogen-bond donors (Lipinski definition) is 2. The number of carbonyl (C=O) groups excluding carboxylic acids is 2. The van der Waals surface area contributed by atoms with E-state index >= 15 is 0 Å². The van der Waals surface area contributed by atoms with Gasteiger partial charge in [-0.3, -0.25) is 9.59 Å². The van der Waals surface area contributed by atoms with Crippen molar-refractivity contribution in [2.24, 2.45) is 5.73 Å². The van der Waals surface area contributed by atoms with E-state index in [4.69, 9.17) is 17.3 Å². The highest BCUT2D eigenvalue weighted by Gasteiger charge is 2.41. The molecule has 2 heterocycles. The second-order valence-electron chi connectivity index (χ2n) is 6.37. The van der Waals surface area contributed by atoms with Crippen molar-refractivity contribution in [1.82, 2.24) is 4.98 Å². The lowest BCUT2D eigenvalue weighted by atomic mass is 9.84. The number of benzene rings is 1. The number of nitrogens with zero attached hydrogens (tertiary/aromatic N) is 2. The van der Waals surface area contributed by atoms with Crippen LogP contribution in [0.25, 0.3) is 0 Å². The van der Waals surface area contributed by atoms with Crippen LogP contribution in [-0.2, 0) is 0 Å². The predicted octanol–water partition coefficient (Wildman–Crippen LogP) is 2.33. The van der Waals surface area contributed by atoms with Gasteiger partial charge in [-0.15, -0.1) is 0 Å². The van der Waals surface area contributed by atoms with E-state index in [9.17, 15) is 23.5 Å². The number of hydrogen-bond acceptors (Lipinski definition) is 5. The maximum atomic E-state index is 13.9. The highest BCUT2D eigenvalue weighted by Crippen LogP contribution is 2.32. The largest absolute Gasteiger partial charge is 0.382 e. The number of aromatic nitrogens is 1. The molecule has 0 saturated carbocycles. The van der Waals surface area contributed by atoms with Gasteiger partial charge in [0.2, 0.25) is 5.91 Å². The zero-order chi connectivity index (χ0) is 19.8. The van der Waals surface area contributed by atoms with Gasteiger partial charge in [0.05, 0.1) is 16.1 Å². The first-order valence-electron chi connectivity index (χ1n) is 8.14. The number of rotatable bonds is 4. The summed E-state index contributed by atoms with van der Waals surface area (Å²) in [6, 6.07) is 4.00. The van der Waals surface area contributed by atoms with Gasteiger partial charge in [0.25, 0.3) is 0 Å². The smallest absolute Gasteiger partial charge is 0.250 e. The molecule has 9 heteroatoms. The van der Waals surface area contributed by atoms with Crippen molar-refractivity contribution in [3.05, 3.63) is 58.2 Å². The van der Waals surface area contributed by atoms with Crippen LogP contribution in [0.15, 0.2) is 30.5 Å². The highest BCUT2D eigenvalue weighted by atomic mass is 35.5. The Morgan fingerprint density at radius 1 is 1.22 bits per heavy atom. The molecule has 1 saturated heterocycles. The number of nitrogens with two attached hydrogens (primary N) is 1. The molecule has 0 spiro atoms. The van der Waals surface area contributed by atoms with E-state index < -0.39 is 28.9 Å². The fourth-order valence-corrected chi connectivity index (χ4v) is 3.32. The molecule has 6 nitrogen and oxygen atoms in total. The Morgan fingerprint density at radius 3 is 2.44 bits per heavy atom. The first-order valence-corrected chi connectivity index (χ1v) is 8.51. The topological polar surface area (TPSA) is 96.5 Å². The average Bonchev–Trinajstić information content (AvgIpc) is 2.62. The summed E-state index contributed by atoms with van der Waals surface area (Å²) in [6.07, 6.45) is 1.32. The van der Waals surface area contributed by atoms with Gasteiger partial charge in [-0.2, -0.15) is 0 Å². The zero-order valence-corrected chi connectivity index (χ0v) is 14.8. The van der Waals surface area contributed by atoms with E-state index in [0.29, 0.717) is 11.9 Å². The van der Waals surface area contributed by atoms with Gasteiger partial charge in [0.15, 0.2) is 5.78 Å². The minimum Gasteiger partial charge on any atom is -0.382 e. The van der Waals surface area contributed by atoms with Crippen molar-refractivity contribution in [2.45, 2.75) is 18.4 Å². The van der Waals surface area contributed by atoms with Crippen LogP contribution in [0.2, 0.25) is 5.02 Å². The number of piperidine rings is 1. The van der Waals surface area contributed by atoms with Crippen LogP contribution in [0.4, 0.5) is 14.6 Å². The molecule has 0 radical (unpaired) electrons. The third kappa shape index (κ3) is 3.77. The molecule has 1 aliphatic rings. The van der Waals surface area contributed by atoms with E-state index in [1.807, 2.05) is 0 Å². The molecule has 142 valence electrons. The Morgan fingerprint density at radius 2 is 1.89 bits per heavy atom. The minimum absolute atomic E-state index is 0.0121. The summed E-state index contributed by atoms with van der Waals surface area (Å²) in [5.41, 5.74) is 3.23. The molecule has 3 rings (SSSR count). The fraction of sp³-hybridized carbons (Fsp3) is 0.278. The molecule has 27 heavy (non-hydrogen) atoms. The maximum Gasteiger partial charge on any atom is 0.250 e. The monoisotopic (exact) mass is 395 g/mol. The zero-order valence-electron chi connectivity index (χ0n) is 14.1. The summed E-state index contributed by atoms with van der Waals surface area (Å²) in [7, 11) is 0. The number of amides is 1. The molecule has 0 unspecified atom stereocenters. The summed E-state index contributed by atoms with van der Waals surface area (Å²) in [5, 5.41) is 10.9. The average molecular weight is 396 g/mol. The molecular weight excluding hydrogens is 380 g/mol. The van der Waals surface area contributed by atoms with Crippen molar-refractivity contribution in [2.75, 3.05) is 18.0 Å². The number of ketones is 1. The molecule has 1 fully saturated rings. The summed E-state index contributed by atoms with van der Waals surface area (Å²) >= 11 is 6.15. The van der Waals surface area contributed by atoms with E-state index in [1.54, 1.807) is 4.90 Å². The quantitative estimate of drug-likeness (QED) is 0.774. The van der Waals surface area contributed by atoms with Crippen LogP contribution < -0.4 is 10.6 Å². The van der Waals surface area contributed by atoms with Gasteiger partial charge >= 0.3 is 0 Å². The van der Waals surface area contributed by atoms with E-state index in [2.05, 4.69) is 4.98 Å².